The summed E-state index contributed by atoms with van der Waals surface area (Å²) in [5.41, 5.74) is 8.07. The second-order valence-corrected chi connectivity index (χ2v) is 4.49. The van der Waals surface area contributed by atoms with Crippen molar-refractivity contribution in [3.63, 3.8) is 0 Å². The van der Waals surface area contributed by atoms with Crippen molar-refractivity contribution < 1.29 is 4.79 Å². The molecule has 2 aromatic rings. The first kappa shape index (κ1) is 10.2. The van der Waals surface area contributed by atoms with E-state index in [0.717, 1.165) is 24.0 Å². The molecule has 0 unspecified atom stereocenters. The Kier molecular flexibility index (Phi) is 2.28. The van der Waals surface area contributed by atoms with Crippen LogP contribution in [0.3, 0.4) is 0 Å². The minimum absolute atomic E-state index is 0.384. The van der Waals surface area contributed by atoms with Crippen LogP contribution in [-0.4, -0.2) is 24.0 Å². The predicted octanol–water partition coefficient (Wildman–Crippen LogP) is 1.87. The number of rotatable bonds is 2. The van der Waals surface area contributed by atoms with Gasteiger partial charge in [0.1, 0.15) is 0 Å². The average Bonchev–Trinajstić information content (AvgIpc) is 2.97. The summed E-state index contributed by atoms with van der Waals surface area (Å²) in [5.74, 6) is -0.384. The highest BCUT2D eigenvalue weighted by atomic mass is 16.1. The van der Waals surface area contributed by atoms with Gasteiger partial charge in [0.2, 0.25) is 0 Å². The molecule has 4 nitrogen and oxygen atoms in total. The number of carbonyl (C=O) groups is 1. The second kappa shape index (κ2) is 3.80. The summed E-state index contributed by atoms with van der Waals surface area (Å²) >= 11 is 0. The van der Waals surface area contributed by atoms with Crippen molar-refractivity contribution in [1.29, 1.82) is 0 Å². The van der Waals surface area contributed by atoms with Crippen LogP contribution in [0.2, 0.25) is 0 Å². The number of nitrogens with two attached hydrogens (primary N) is 1. The van der Waals surface area contributed by atoms with Gasteiger partial charge in [0.15, 0.2) is 0 Å². The highest BCUT2D eigenvalue weighted by Gasteiger charge is 2.14. The molecule has 88 valence electrons. The maximum atomic E-state index is 11.2. The molecular formula is C13H15N3O. The molecule has 0 bridgehead atoms. The Balaban J connectivity index is 2.05. The van der Waals surface area contributed by atoms with Crippen molar-refractivity contribution in [2.75, 3.05) is 18.0 Å². The zero-order valence-electron chi connectivity index (χ0n) is 9.57. The molecule has 2 heterocycles. The number of anilines is 1. The molecule has 1 aliphatic heterocycles. The third-order valence-electron chi connectivity index (χ3n) is 3.40. The van der Waals surface area contributed by atoms with E-state index in [4.69, 9.17) is 5.73 Å². The summed E-state index contributed by atoms with van der Waals surface area (Å²) in [6, 6.07) is 6.13. The van der Waals surface area contributed by atoms with Crippen LogP contribution in [-0.2, 0) is 0 Å². The molecule has 1 amide bonds. The van der Waals surface area contributed by atoms with Crippen LogP contribution in [0.1, 0.15) is 23.2 Å². The summed E-state index contributed by atoms with van der Waals surface area (Å²) < 4.78 is 0. The molecule has 3 rings (SSSR count). The largest absolute Gasteiger partial charge is 0.371 e. The summed E-state index contributed by atoms with van der Waals surface area (Å²) in [5, 5.41) is 0.903. The highest BCUT2D eigenvalue weighted by molar-refractivity contribution is 6.06. The molecule has 0 aliphatic carbocycles. The maximum absolute atomic E-state index is 11.2. The van der Waals surface area contributed by atoms with Crippen molar-refractivity contribution in [3.05, 3.63) is 30.0 Å². The summed E-state index contributed by atoms with van der Waals surface area (Å²) in [7, 11) is 0. The van der Waals surface area contributed by atoms with Gasteiger partial charge in [0, 0.05) is 35.9 Å². The van der Waals surface area contributed by atoms with E-state index < -0.39 is 0 Å². The number of hydrogen-bond acceptors (Lipinski definition) is 2. The van der Waals surface area contributed by atoms with E-state index in [0.29, 0.717) is 5.56 Å². The fourth-order valence-electron chi connectivity index (χ4n) is 2.49. The van der Waals surface area contributed by atoms with Crippen molar-refractivity contribution in [3.8, 4) is 0 Å². The van der Waals surface area contributed by atoms with Crippen LogP contribution in [0.5, 0.6) is 0 Å². The molecule has 0 radical (unpaired) electrons. The van der Waals surface area contributed by atoms with E-state index >= 15 is 0 Å². The number of H-pyrrole nitrogens is 1. The lowest BCUT2D eigenvalue weighted by atomic mass is 10.1. The lowest BCUT2D eigenvalue weighted by Crippen LogP contribution is -2.17. The molecule has 0 atom stereocenters. The van der Waals surface area contributed by atoms with Crippen LogP contribution >= 0.6 is 0 Å². The average molecular weight is 229 g/mol. The number of fused-ring (bicyclic) bond motifs is 1. The molecule has 1 aliphatic rings. The van der Waals surface area contributed by atoms with Gasteiger partial charge in [-0.05, 0) is 31.0 Å². The van der Waals surface area contributed by atoms with Crippen LogP contribution < -0.4 is 10.6 Å². The van der Waals surface area contributed by atoms with Gasteiger partial charge in [-0.1, -0.05) is 0 Å². The molecule has 0 saturated carbocycles. The van der Waals surface area contributed by atoms with E-state index in [1.54, 1.807) is 6.20 Å². The van der Waals surface area contributed by atoms with Gasteiger partial charge in [0.05, 0.1) is 5.56 Å². The van der Waals surface area contributed by atoms with Gasteiger partial charge in [-0.15, -0.1) is 0 Å². The Morgan fingerprint density at radius 3 is 2.76 bits per heavy atom. The van der Waals surface area contributed by atoms with Crippen LogP contribution in [0.15, 0.2) is 24.4 Å². The second-order valence-electron chi connectivity index (χ2n) is 4.49. The third kappa shape index (κ3) is 1.65. The standard InChI is InChI=1S/C13H15N3O/c14-13(17)11-8-15-12-7-9(3-4-10(11)12)16-5-1-2-6-16/h3-4,7-8,15H,1-2,5-6H2,(H2,14,17). The van der Waals surface area contributed by atoms with E-state index in [9.17, 15) is 4.79 Å². The fraction of sp³-hybridized carbons (Fsp3) is 0.308. The van der Waals surface area contributed by atoms with Crippen molar-refractivity contribution in [1.82, 2.24) is 4.98 Å². The Labute approximate surface area is 99.4 Å². The van der Waals surface area contributed by atoms with Crippen LogP contribution in [0.25, 0.3) is 10.9 Å². The molecule has 1 fully saturated rings. The monoisotopic (exact) mass is 229 g/mol. The van der Waals surface area contributed by atoms with E-state index in [1.165, 1.54) is 18.5 Å². The van der Waals surface area contributed by atoms with Crippen molar-refractivity contribution in [2.24, 2.45) is 5.73 Å². The van der Waals surface area contributed by atoms with E-state index in [1.807, 2.05) is 6.07 Å². The molecule has 1 aromatic carbocycles. The lowest BCUT2D eigenvalue weighted by molar-refractivity contribution is 0.100. The zero-order valence-corrected chi connectivity index (χ0v) is 9.57. The quantitative estimate of drug-likeness (QED) is 0.825. The summed E-state index contributed by atoms with van der Waals surface area (Å²) in [4.78, 5) is 16.7. The van der Waals surface area contributed by atoms with Crippen LogP contribution in [0.4, 0.5) is 5.69 Å². The SMILES string of the molecule is NC(=O)c1c[nH]c2cc(N3CCCC3)ccc12. The van der Waals surface area contributed by atoms with E-state index in [-0.39, 0.29) is 5.91 Å². The fourth-order valence-corrected chi connectivity index (χ4v) is 2.49. The van der Waals surface area contributed by atoms with Gasteiger partial charge in [-0.3, -0.25) is 4.79 Å². The molecule has 1 saturated heterocycles. The number of benzene rings is 1. The molecule has 0 spiro atoms. The summed E-state index contributed by atoms with van der Waals surface area (Å²) in [6.45, 7) is 2.24. The molecule has 4 heteroatoms. The number of carbonyl (C=O) groups excluding carboxylic acids is 1. The van der Waals surface area contributed by atoms with Crippen LogP contribution in [0, 0.1) is 0 Å². The van der Waals surface area contributed by atoms with Gasteiger partial charge < -0.3 is 15.6 Å². The van der Waals surface area contributed by atoms with E-state index in [2.05, 4.69) is 22.0 Å². The topological polar surface area (TPSA) is 62.1 Å². The van der Waals surface area contributed by atoms with Gasteiger partial charge in [-0.25, -0.2) is 0 Å². The van der Waals surface area contributed by atoms with Gasteiger partial charge >= 0.3 is 0 Å². The Morgan fingerprint density at radius 2 is 2.06 bits per heavy atom. The molecule has 3 N–H and O–H groups in total. The summed E-state index contributed by atoms with van der Waals surface area (Å²) in [6.07, 6.45) is 4.20. The first-order chi connectivity index (χ1) is 8.25. The number of hydrogen-bond donors (Lipinski definition) is 2. The number of amides is 1. The Morgan fingerprint density at radius 1 is 1.29 bits per heavy atom. The van der Waals surface area contributed by atoms with Gasteiger partial charge in [-0.2, -0.15) is 0 Å². The number of aromatic amines is 1. The first-order valence-electron chi connectivity index (χ1n) is 5.91. The maximum Gasteiger partial charge on any atom is 0.250 e. The number of nitrogens with zero attached hydrogens (tertiary/aromatic N) is 1. The molecule has 17 heavy (non-hydrogen) atoms. The zero-order chi connectivity index (χ0) is 11.8. The first-order valence-corrected chi connectivity index (χ1v) is 5.91. The highest BCUT2D eigenvalue weighted by Crippen LogP contribution is 2.26. The minimum Gasteiger partial charge on any atom is -0.371 e. The number of nitrogens with one attached hydrogen (secondary N) is 1. The normalized spacial score (nSPS) is 15.6. The lowest BCUT2D eigenvalue weighted by Gasteiger charge is -2.17. The van der Waals surface area contributed by atoms with Crippen molar-refractivity contribution >= 4 is 22.5 Å². The van der Waals surface area contributed by atoms with Crippen molar-refractivity contribution in [2.45, 2.75) is 12.8 Å². The third-order valence-corrected chi connectivity index (χ3v) is 3.40. The molecular weight excluding hydrogens is 214 g/mol. The smallest absolute Gasteiger partial charge is 0.250 e. The minimum atomic E-state index is -0.384. The Hall–Kier alpha value is -1.97. The predicted molar refractivity (Wildman–Crippen MR) is 68.3 cm³/mol. The Bertz CT molecular complexity index is 567. The van der Waals surface area contributed by atoms with Gasteiger partial charge in [0.25, 0.3) is 5.91 Å². The molecule has 1 aromatic heterocycles. The number of primary amides is 1. The number of aromatic nitrogens is 1.